The van der Waals surface area contributed by atoms with Gasteiger partial charge in [-0.25, -0.2) is 17.9 Å². The van der Waals surface area contributed by atoms with Crippen molar-refractivity contribution in [3.05, 3.63) is 29.8 Å². The molecule has 9 nitrogen and oxygen atoms in total. The molecule has 1 heterocycles. The maximum Gasteiger partial charge on any atom is 0.325 e. The van der Waals surface area contributed by atoms with Gasteiger partial charge in [-0.3, -0.25) is 14.5 Å². The van der Waals surface area contributed by atoms with Gasteiger partial charge in [-0.1, -0.05) is 32.9 Å². The molecule has 0 unspecified atom stereocenters. The number of urea groups is 1. The highest BCUT2D eigenvalue weighted by atomic mass is 32.2. The largest absolute Gasteiger partial charge is 0.350 e. The van der Waals surface area contributed by atoms with Crippen molar-refractivity contribution in [1.29, 1.82) is 0 Å². The first-order chi connectivity index (χ1) is 15.9. The van der Waals surface area contributed by atoms with E-state index in [-0.39, 0.29) is 35.3 Å². The monoisotopic (exact) mass is 490 g/mol. The SMILES string of the molecule is CC(C)(C)C1CCC2(CC1)NC(=O)N(CC(=O)NCc1ccc(S(=O)(=O)NC3CC3)cc1)C2=O. The fourth-order valence-electron chi connectivity index (χ4n) is 4.81. The molecule has 34 heavy (non-hydrogen) atoms. The Morgan fingerprint density at radius 3 is 2.26 bits per heavy atom. The number of carbonyl (C=O) groups is 3. The topological polar surface area (TPSA) is 125 Å². The first kappa shape index (κ1) is 24.7. The Morgan fingerprint density at radius 1 is 1.09 bits per heavy atom. The lowest BCUT2D eigenvalue weighted by molar-refractivity contribution is -0.136. The molecule has 3 aliphatic rings. The minimum Gasteiger partial charge on any atom is -0.350 e. The van der Waals surface area contributed by atoms with Gasteiger partial charge in [0.1, 0.15) is 12.1 Å². The number of imide groups is 1. The smallest absolute Gasteiger partial charge is 0.325 e. The summed E-state index contributed by atoms with van der Waals surface area (Å²) in [6.07, 6.45) is 4.61. The molecule has 10 heteroatoms. The van der Waals surface area contributed by atoms with Gasteiger partial charge >= 0.3 is 6.03 Å². The molecule has 4 amide bonds. The van der Waals surface area contributed by atoms with Crippen molar-refractivity contribution in [2.24, 2.45) is 11.3 Å². The van der Waals surface area contributed by atoms with E-state index in [1.165, 1.54) is 12.1 Å². The minimum absolute atomic E-state index is 0.0297. The predicted octanol–water partition coefficient (Wildman–Crippen LogP) is 2.27. The van der Waals surface area contributed by atoms with Crippen LogP contribution >= 0.6 is 0 Å². The van der Waals surface area contributed by atoms with Crippen LogP contribution in [0.1, 0.15) is 64.9 Å². The van der Waals surface area contributed by atoms with Gasteiger partial charge in [0, 0.05) is 12.6 Å². The molecule has 3 fully saturated rings. The maximum absolute atomic E-state index is 13.1. The maximum atomic E-state index is 13.1. The first-order valence-electron chi connectivity index (χ1n) is 11.9. The number of hydrogen-bond acceptors (Lipinski definition) is 5. The molecule has 2 saturated carbocycles. The molecule has 1 aromatic rings. The molecule has 4 rings (SSSR count). The summed E-state index contributed by atoms with van der Waals surface area (Å²) in [6, 6.07) is 5.79. The number of rotatable bonds is 7. The van der Waals surface area contributed by atoms with Crippen molar-refractivity contribution in [1.82, 2.24) is 20.3 Å². The summed E-state index contributed by atoms with van der Waals surface area (Å²) >= 11 is 0. The van der Waals surface area contributed by atoms with Crippen molar-refractivity contribution < 1.29 is 22.8 Å². The molecule has 1 aliphatic heterocycles. The third-order valence-electron chi connectivity index (χ3n) is 7.23. The van der Waals surface area contributed by atoms with Crippen molar-refractivity contribution in [2.75, 3.05) is 6.54 Å². The molecule has 0 radical (unpaired) electrons. The van der Waals surface area contributed by atoms with Gasteiger partial charge in [0.05, 0.1) is 4.90 Å². The number of hydrogen-bond donors (Lipinski definition) is 3. The number of amides is 4. The van der Waals surface area contributed by atoms with Crippen molar-refractivity contribution in [3.63, 3.8) is 0 Å². The molecule has 0 atom stereocenters. The minimum atomic E-state index is -3.52. The van der Waals surface area contributed by atoms with Crippen LogP contribution in [-0.4, -0.2) is 49.3 Å². The van der Waals surface area contributed by atoms with Crippen LogP contribution in [0.4, 0.5) is 4.79 Å². The van der Waals surface area contributed by atoms with Gasteiger partial charge in [-0.2, -0.15) is 0 Å². The summed E-state index contributed by atoms with van der Waals surface area (Å²) in [5, 5.41) is 5.56. The van der Waals surface area contributed by atoms with E-state index in [0.29, 0.717) is 24.3 Å². The van der Waals surface area contributed by atoms with Gasteiger partial charge < -0.3 is 10.6 Å². The number of benzene rings is 1. The zero-order valence-corrected chi connectivity index (χ0v) is 20.8. The standard InChI is InChI=1S/C24H34N4O5S/c1-23(2,3)17-10-12-24(13-11-17)21(30)28(22(31)26-24)15-20(29)25-14-16-4-8-19(9-5-16)34(32,33)27-18-6-7-18/h4-5,8-9,17-18,27H,6-7,10-15H2,1-3H3,(H,25,29)(H,26,31). The molecule has 0 aromatic heterocycles. The zero-order chi connectivity index (χ0) is 24.7. The fraction of sp³-hybridized carbons (Fsp3) is 0.625. The Kier molecular flexibility index (Phi) is 6.50. The summed E-state index contributed by atoms with van der Waals surface area (Å²) in [6.45, 7) is 6.40. The Labute approximate surface area is 201 Å². The second-order valence-electron chi connectivity index (χ2n) is 10.9. The Hall–Kier alpha value is -2.46. The molecule has 1 spiro atoms. The van der Waals surface area contributed by atoms with Crippen LogP contribution in [0, 0.1) is 11.3 Å². The van der Waals surface area contributed by atoms with Crippen LogP contribution in [0.15, 0.2) is 29.2 Å². The molecule has 2 aliphatic carbocycles. The second kappa shape index (κ2) is 8.96. The highest BCUT2D eigenvalue weighted by Crippen LogP contribution is 2.43. The Bertz CT molecular complexity index is 1070. The van der Waals surface area contributed by atoms with E-state index in [0.717, 1.165) is 30.6 Å². The van der Waals surface area contributed by atoms with Crippen LogP contribution in [0.25, 0.3) is 0 Å². The fourth-order valence-corrected chi connectivity index (χ4v) is 6.12. The van der Waals surface area contributed by atoms with Crippen LogP contribution in [0.5, 0.6) is 0 Å². The average molecular weight is 491 g/mol. The summed E-state index contributed by atoms with van der Waals surface area (Å²) in [5.74, 6) is -0.278. The second-order valence-corrected chi connectivity index (χ2v) is 12.6. The summed E-state index contributed by atoms with van der Waals surface area (Å²) in [5.41, 5.74) is -0.0226. The van der Waals surface area contributed by atoms with Crippen molar-refractivity contribution >= 4 is 27.9 Å². The predicted molar refractivity (Wildman–Crippen MR) is 126 cm³/mol. The summed E-state index contributed by atoms with van der Waals surface area (Å²) in [7, 11) is -3.52. The molecular weight excluding hydrogens is 456 g/mol. The quantitative estimate of drug-likeness (QED) is 0.506. The van der Waals surface area contributed by atoms with Gasteiger partial charge in [0.15, 0.2) is 0 Å². The number of carbonyl (C=O) groups excluding carboxylic acids is 3. The molecule has 1 aromatic carbocycles. The summed E-state index contributed by atoms with van der Waals surface area (Å²) in [4.78, 5) is 39.2. The molecule has 186 valence electrons. The van der Waals surface area contributed by atoms with Crippen molar-refractivity contribution in [3.8, 4) is 0 Å². The highest BCUT2D eigenvalue weighted by molar-refractivity contribution is 7.89. The number of nitrogens with one attached hydrogen (secondary N) is 3. The third-order valence-corrected chi connectivity index (χ3v) is 8.77. The first-order valence-corrected chi connectivity index (χ1v) is 13.4. The highest BCUT2D eigenvalue weighted by Gasteiger charge is 2.53. The van der Waals surface area contributed by atoms with E-state index in [1.54, 1.807) is 12.1 Å². The van der Waals surface area contributed by atoms with Crippen LogP contribution < -0.4 is 15.4 Å². The number of sulfonamides is 1. The molecule has 0 bridgehead atoms. The normalized spacial score (nSPS) is 25.5. The van der Waals surface area contributed by atoms with Gasteiger partial charge in [0.2, 0.25) is 15.9 Å². The van der Waals surface area contributed by atoms with E-state index in [9.17, 15) is 22.8 Å². The molecule has 3 N–H and O–H groups in total. The van der Waals surface area contributed by atoms with E-state index < -0.39 is 27.5 Å². The van der Waals surface area contributed by atoms with Gasteiger partial charge in [-0.15, -0.1) is 0 Å². The van der Waals surface area contributed by atoms with E-state index in [4.69, 9.17) is 0 Å². The Balaban J connectivity index is 1.29. The van der Waals surface area contributed by atoms with E-state index in [1.807, 2.05) is 0 Å². The van der Waals surface area contributed by atoms with E-state index >= 15 is 0 Å². The number of nitrogens with zero attached hydrogens (tertiary/aromatic N) is 1. The molecular formula is C24H34N4O5S. The Morgan fingerprint density at radius 2 is 1.71 bits per heavy atom. The van der Waals surface area contributed by atoms with Gasteiger partial charge in [-0.05, 0) is 67.6 Å². The average Bonchev–Trinajstić information content (AvgIpc) is 3.55. The lowest BCUT2D eigenvalue weighted by Crippen LogP contribution is -2.51. The van der Waals surface area contributed by atoms with Gasteiger partial charge in [0.25, 0.3) is 5.91 Å². The lowest BCUT2D eigenvalue weighted by Gasteiger charge is -2.40. The third kappa shape index (κ3) is 5.27. The van der Waals surface area contributed by atoms with Crippen LogP contribution in [0.2, 0.25) is 0 Å². The lowest BCUT2D eigenvalue weighted by atomic mass is 9.67. The van der Waals surface area contributed by atoms with E-state index in [2.05, 4.69) is 36.1 Å². The summed E-state index contributed by atoms with van der Waals surface area (Å²) < 4.78 is 27.1. The van der Waals surface area contributed by atoms with Crippen molar-refractivity contribution in [2.45, 2.75) is 82.3 Å². The van der Waals surface area contributed by atoms with Crippen LogP contribution in [-0.2, 0) is 26.2 Å². The van der Waals surface area contributed by atoms with Crippen LogP contribution in [0.3, 0.4) is 0 Å². The molecule has 1 saturated heterocycles. The zero-order valence-electron chi connectivity index (χ0n) is 20.0.